The molecule has 0 aliphatic rings. The lowest BCUT2D eigenvalue weighted by Gasteiger charge is -2.20. The second-order valence-electron chi connectivity index (χ2n) is 4.73. The number of halogens is 1. The molecule has 1 aromatic rings. The van der Waals surface area contributed by atoms with Crippen molar-refractivity contribution in [3.63, 3.8) is 0 Å². The van der Waals surface area contributed by atoms with Gasteiger partial charge in [-0.2, -0.15) is 0 Å². The van der Waals surface area contributed by atoms with Gasteiger partial charge in [-0.15, -0.1) is 0 Å². The van der Waals surface area contributed by atoms with Crippen molar-refractivity contribution in [3.05, 3.63) is 22.2 Å². The van der Waals surface area contributed by atoms with E-state index >= 15 is 0 Å². The standard InChI is InChI=1S/C15H20BrNO4/c1-5-9(2)17-15(19)10(3)21-14-12(16)6-11(8-18)7-13(14)20-4/h6-10H,5H2,1-4H3,(H,17,19). The molecule has 0 radical (unpaired) electrons. The molecular formula is C15H20BrNO4. The number of nitrogens with one attached hydrogen (secondary N) is 1. The van der Waals surface area contributed by atoms with Crippen LogP contribution in [0.25, 0.3) is 0 Å². The zero-order valence-electron chi connectivity index (χ0n) is 12.6. The summed E-state index contributed by atoms with van der Waals surface area (Å²) in [5.41, 5.74) is 0.461. The predicted octanol–water partition coefficient (Wildman–Crippen LogP) is 2.95. The fraction of sp³-hybridized carbons (Fsp3) is 0.467. The zero-order chi connectivity index (χ0) is 16.0. The molecule has 0 aliphatic carbocycles. The van der Waals surface area contributed by atoms with Crippen LogP contribution in [0.15, 0.2) is 16.6 Å². The lowest BCUT2D eigenvalue weighted by Crippen LogP contribution is -2.41. The smallest absolute Gasteiger partial charge is 0.260 e. The molecule has 0 bridgehead atoms. The molecular weight excluding hydrogens is 338 g/mol. The Morgan fingerprint density at radius 2 is 2.10 bits per heavy atom. The van der Waals surface area contributed by atoms with E-state index in [2.05, 4.69) is 21.2 Å². The Hall–Kier alpha value is -1.56. The lowest BCUT2D eigenvalue weighted by atomic mass is 10.2. The van der Waals surface area contributed by atoms with E-state index < -0.39 is 6.10 Å². The number of rotatable bonds is 7. The van der Waals surface area contributed by atoms with Crippen LogP contribution in [-0.2, 0) is 4.79 Å². The maximum Gasteiger partial charge on any atom is 0.260 e. The number of hydrogen-bond acceptors (Lipinski definition) is 4. The fourth-order valence-electron chi connectivity index (χ4n) is 1.61. The van der Waals surface area contributed by atoms with Gasteiger partial charge in [-0.25, -0.2) is 0 Å². The summed E-state index contributed by atoms with van der Waals surface area (Å²) in [4.78, 5) is 22.8. The molecule has 1 amide bonds. The summed E-state index contributed by atoms with van der Waals surface area (Å²) in [5, 5.41) is 2.85. The highest BCUT2D eigenvalue weighted by molar-refractivity contribution is 9.10. The van der Waals surface area contributed by atoms with Gasteiger partial charge in [0.1, 0.15) is 6.29 Å². The molecule has 0 saturated carbocycles. The summed E-state index contributed by atoms with van der Waals surface area (Å²) in [6.45, 7) is 5.59. The Bertz CT molecular complexity index is 519. The number of hydrogen-bond donors (Lipinski definition) is 1. The number of ether oxygens (including phenoxy) is 2. The van der Waals surface area contributed by atoms with Crippen LogP contribution in [0.1, 0.15) is 37.6 Å². The minimum atomic E-state index is -0.675. The third-order valence-electron chi connectivity index (χ3n) is 3.05. The molecule has 21 heavy (non-hydrogen) atoms. The van der Waals surface area contributed by atoms with E-state index in [9.17, 15) is 9.59 Å². The first kappa shape index (κ1) is 17.5. The van der Waals surface area contributed by atoms with E-state index in [0.29, 0.717) is 21.5 Å². The molecule has 0 aromatic heterocycles. The Kier molecular flexibility index (Phi) is 6.68. The van der Waals surface area contributed by atoms with Gasteiger partial charge < -0.3 is 14.8 Å². The van der Waals surface area contributed by atoms with Gasteiger partial charge in [0.15, 0.2) is 17.6 Å². The van der Waals surface area contributed by atoms with Crippen LogP contribution in [0, 0.1) is 0 Å². The van der Waals surface area contributed by atoms with Crippen LogP contribution in [0.4, 0.5) is 0 Å². The first-order valence-corrected chi connectivity index (χ1v) is 7.51. The molecule has 116 valence electrons. The first-order chi connectivity index (χ1) is 9.92. The summed E-state index contributed by atoms with van der Waals surface area (Å²) < 4.78 is 11.4. The van der Waals surface area contributed by atoms with Crippen LogP contribution in [0.2, 0.25) is 0 Å². The molecule has 1 rings (SSSR count). The summed E-state index contributed by atoms with van der Waals surface area (Å²) in [7, 11) is 1.48. The molecule has 0 spiro atoms. The molecule has 2 unspecified atom stereocenters. The molecule has 2 atom stereocenters. The Balaban J connectivity index is 2.91. The Morgan fingerprint density at radius 3 is 2.62 bits per heavy atom. The summed E-state index contributed by atoms with van der Waals surface area (Å²) in [5.74, 6) is 0.599. The Morgan fingerprint density at radius 1 is 1.43 bits per heavy atom. The molecule has 1 aromatic carbocycles. The van der Waals surface area contributed by atoms with Gasteiger partial charge in [0.2, 0.25) is 0 Å². The second-order valence-corrected chi connectivity index (χ2v) is 5.58. The van der Waals surface area contributed by atoms with Crippen LogP contribution < -0.4 is 14.8 Å². The number of methoxy groups -OCH3 is 1. The molecule has 0 aliphatic heterocycles. The van der Waals surface area contributed by atoms with Gasteiger partial charge in [0, 0.05) is 11.6 Å². The fourth-order valence-corrected chi connectivity index (χ4v) is 2.17. The SMILES string of the molecule is CCC(C)NC(=O)C(C)Oc1c(Br)cc(C=O)cc1OC. The highest BCUT2D eigenvalue weighted by Crippen LogP contribution is 2.37. The van der Waals surface area contributed by atoms with Crippen LogP contribution in [0.3, 0.4) is 0 Å². The van der Waals surface area contributed by atoms with E-state index in [1.54, 1.807) is 19.1 Å². The average molecular weight is 358 g/mol. The maximum atomic E-state index is 12.0. The van der Waals surface area contributed by atoms with Crippen molar-refractivity contribution in [1.29, 1.82) is 0 Å². The zero-order valence-corrected chi connectivity index (χ0v) is 14.2. The van der Waals surface area contributed by atoms with Crippen LogP contribution in [-0.4, -0.2) is 31.4 Å². The van der Waals surface area contributed by atoms with Crippen LogP contribution >= 0.6 is 15.9 Å². The third kappa shape index (κ3) is 4.74. The van der Waals surface area contributed by atoms with E-state index in [0.717, 1.165) is 12.7 Å². The number of carbonyl (C=O) groups excluding carboxylic acids is 2. The van der Waals surface area contributed by atoms with E-state index in [-0.39, 0.29) is 11.9 Å². The number of carbonyl (C=O) groups is 2. The van der Waals surface area contributed by atoms with Crippen molar-refractivity contribution < 1.29 is 19.1 Å². The first-order valence-electron chi connectivity index (χ1n) is 6.72. The Labute approximate surface area is 133 Å². The van der Waals surface area contributed by atoms with E-state index in [1.165, 1.54) is 7.11 Å². The normalized spacial score (nSPS) is 13.2. The number of aldehydes is 1. The minimum absolute atomic E-state index is 0.0892. The molecule has 0 heterocycles. The molecule has 0 saturated heterocycles. The van der Waals surface area contributed by atoms with Gasteiger partial charge >= 0.3 is 0 Å². The van der Waals surface area contributed by atoms with Crippen molar-refractivity contribution in [2.24, 2.45) is 0 Å². The van der Waals surface area contributed by atoms with Crippen molar-refractivity contribution >= 4 is 28.1 Å². The van der Waals surface area contributed by atoms with Gasteiger partial charge in [0.25, 0.3) is 5.91 Å². The highest BCUT2D eigenvalue weighted by atomic mass is 79.9. The third-order valence-corrected chi connectivity index (χ3v) is 3.64. The summed E-state index contributed by atoms with van der Waals surface area (Å²) >= 11 is 3.33. The van der Waals surface area contributed by atoms with Gasteiger partial charge in [-0.1, -0.05) is 6.92 Å². The van der Waals surface area contributed by atoms with Gasteiger partial charge in [-0.3, -0.25) is 9.59 Å². The van der Waals surface area contributed by atoms with Crippen molar-refractivity contribution in [2.45, 2.75) is 39.3 Å². The maximum absolute atomic E-state index is 12.0. The monoisotopic (exact) mass is 357 g/mol. The van der Waals surface area contributed by atoms with Gasteiger partial charge in [0.05, 0.1) is 11.6 Å². The second kappa shape index (κ2) is 8.02. The summed E-state index contributed by atoms with van der Waals surface area (Å²) in [6.07, 6.45) is 0.890. The quantitative estimate of drug-likeness (QED) is 0.762. The highest BCUT2D eigenvalue weighted by Gasteiger charge is 2.20. The topological polar surface area (TPSA) is 64.6 Å². The molecule has 0 fully saturated rings. The number of benzene rings is 1. The molecule has 1 N–H and O–H groups in total. The summed E-state index contributed by atoms with van der Waals surface area (Å²) in [6, 6.07) is 3.27. The van der Waals surface area contributed by atoms with Gasteiger partial charge in [-0.05, 0) is 48.3 Å². The average Bonchev–Trinajstić information content (AvgIpc) is 2.48. The van der Waals surface area contributed by atoms with E-state index in [4.69, 9.17) is 9.47 Å². The molecule has 6 heteroatoms. The lowest BCUT2D eigenvalue weighted by molar-refractivity contribution is -0.127. The van der Waals surface area contributed by atoms with Crippen molar-refractivity contribution in [1.82, 2.24) is 5.32 Å². The number of amides is 1. The minimum Gasteiger partial charge on any atom is -0.493 e. The van der Waals surface area contributed by atoms with Crippen molar-refractivity contribution in [2.75, 3.05) is 7.11 Å². The van der Waals surface area contributed by atoms with E-state index in [1.807, 2.05) is 13.8 Å². The van der Waals surface area contributed by atoms with Crippen molar-refractivity contribution in [3.8, 4) is 11.5 Å². The van der Waals surface area contributed by atoms with Crippen LogP contribution in [0.5, 0.6) is 11.5 Å². The molecule has 5 nitrogen and oxygen atoms in total. The predicted molar refractivity (Wildman–Crippen MR) is 84.1 cm³/mol. The largest absolute Gasteiger partial charge is 0.493 e.